The zero-order chi connectivity index (χ0) is 12.8. The fourth-order valence-electron chi connectivity index (χ4n) is 1.32. The largest absolute Gasteiger partial charge is 0.383 e. The predicted octanol–water partition coefficient (Wildman–Crippen LogP) is 1.06. The number of ether oxygens (including phenoxy) is 1. The number of nitrogens with zero attached hydrogens (tertiary/aromatic N) is 3. The summed E-state index contributed by atoms with van der Waals surface area (Å²) in [5.74, 6) is -0.181. The Hall–Kier alpha value is -1.93. The Morgan fingerprint density at radius 3 is 2.82 bits per heavy atom. The number of likely N-dealkylation sites (N-methyl/N-ethyl adjacent to an activating group) is 1. The van der Waals surface area contributed by atoms with Crippen LogP contribution in [0, 0.1) is 11.3 Å². The molecule has 0 radical (unpaired) electrons. The number of aromatic nitrogens is 1. The molecule has 0 saturated carbocycles. The highest BCUT2D eigenvalue weighted by atomic mass is 16.5. The van der Waals surface area contributed by atoms with Crippen molar-refractivity contribution in [2.24, 2.45) is 0 Å². The van der Waals surface area contributed by atoms with Crippen molar-refractivity contribution in [2.75, 3.05) is 20.8 Å². The second kappa shape index (κ2) is 5.97. The van der Waals surface area contributed by atoms with Gasteiger partial charge in [-0.1, -0.05) is 0 Å². The summed E-state index contributed by atoms with van der Waals surface area (Å²) in [5.41, 5.74) is 0.767. The topological polar surface area (TPSA) is 66.2 Å². The summed E-state index contributed by atoms with van der Waals surface area (Å²) < 4.78 is 4.99. The molecular formula is C12H15N3O2. The Kier molecular flexibility index (Phi) is 4.61. The Balaban J connectivity index is 2.78. The van der Waals surface area contributed by atoms with Gasteiger partial charge >= 0.3 is 0 Å². The number of rotatable bonds is 4. The van der Waals surface area contributed by atoms with Crippen LogP contribution < -0.4 is 0 Å². The average Bonchev–Trinajstić information content (AvgIpc) is 2.37. The van der Waals surface area contributed by atoms with E-state index in [9.17, 15) is 4.79 Å². The maximum Gasteiger partial charge on any atom is 0.272 e. The van der Waals surface area contributed by atoms with Crippen molar-refractivity contribution in [2.45, 2.75) is 13.0 Å². The van der Waals surface area contributed by atoms with Crippen LogP contribution in [0.4, 0.5) is 0 Å². The molecule has 1 rings (SSSR count). The molecule has 1 unspecified atom stereocenters. The van der Waals surface area contributed by atoms with Gasteiger partial charge < -0.3 is 9.64 Å². The molecule has 0 aliphatic carbocycles. The summed E-state index contributed by atoms with van der Waals surface area (Å²) in [6, 6.07) is 5.07. The van der Waals surface area contributed by atoms with Gasteiger partial charge in [0.15, 0.2) is 0 Å². The molecule has 0 saturated heterocycles. The molecule has 0 spiro atoms. The van der Waals surface area contributed by atoms with Crippen molar-refractivity contribution in [1.29, 1.82) is 5.26 Å². The Morgan fingerprint density at radius 1 is 1.65 bits per heavy atom. The molecule has 90 valence electrons. The van der Waals surface area contributed by atoms with Gasteiger partial charge in [-0.05, 0) is 19.1 Å². The molecule has 0 N–H and O–H groups in total. The summed E-state index contributed by atoms with van der Waals surface area (Å²) in [4.78, 5) is 17.5. The third kappa shape index (κ3) is 3.26. The van der Waals surface area contributed by atoms with Crippen LogP contribution in [0.1, 0.15) is 23.0 Å². The lowest BCUT2D eigenvalue weighted by atomic mass is 10.2. The SMILES string of the molecule is COCC(C)N(C)C(=O)c1ccc(C#N)cn1. The third-order valence-corrected chi connectivity index (χ3v) is 2.50. The van der Waals surface area contributed by atoms with Crippen LogP contribution in [0.15, 0.2) is 18.3 Å². The fraction of sp³-hybridized carbons (Fsp3) is 0.417. The number of methoxy groups -OCH3 is 1. The van der Waals surface area contributed by atoms with Gasteiger partial charge in [0.05, 0.1) is 18.2 Å². The number of hydrogen-bond donors (Lipinski definition) is 0. The van der Waals surface area contributed by atoms with Crippen LogP contribution in [-0.4, -0.2) is 42.6 Å². The normalized spacial score (nSPS) is 11.6. The molecule has 1 aromatic rings. The minimum Gasteiger partial charge on any atom is -0.383 e. The van der Waals surface area contributed by atoms with Crippen LogP contribution in [0.2, 0.25) is 0 Å². The first-order chi connectivity index (χ1) is 8.10. The molecule has 0 bridgehead atoms. The number of carbonyl (C=O) groups excluding carboxylic acids is 1. The van der Waals surface area contributed by atoms with Crippen LogP contribution in [0.3, 0.4) is 0 Å². The molecule has 0 aliphatic heterocycles. The highest BCUT2D eigenvalue weighted by Gasteiger charge is 2.18. The summed E-state index contributed by atoms with van der Waals surface area (Å²) >= 11 is 0. The fourth-order valence-corrected chi connectivity index (χ4v) is 1.32. The van der Waals surface area contributed by atoms with Crippen molar-refractivity contribution in [3.8, 4) is 6.07 Å². The lowest BCUT2D eigenvalue weighted by Crippen LogP contribution is -2.38. The minimum absolute atomic E-state index is 0.0232. The maximum absolute atomic E-state index is 12.0. The number of carbonyl (C=O) groups is 1. The van der Waals surface area contributed by atoms with Gasteiger partial charge in [-0.25, -0.2) is 4.98 Å². The van der Waals surface area contributed by atoms with Gasteiger partial charge in [0.25, 0.3) is 5.91 Å². The lowest BCUT2D eigenvalue weighted by Gasteiger charge is -2.23. The molecule has 0 aliphatic rings. The lowest BCUT2D eigenvalue weighted by molar-refractivity contribution is 0.0628. The first kappa shape index (κ1) is 13.1. The molecule has 1 atom stereocenters. The van der Waals surface area contributed by atoms with Crippen molar-refractivity contribution in [3.63, 3.8) is 0 Å². The second-order valence-corrected chi connectivity index (χ2v) is 3.76. The third-order valence-electron chi connectivity index (χ3n) is 2.50. The van der Waals surface area contributed by atoms with Crippen molar-refractivity contribution < 1.29 is 9.53 Å². The first-order valence-corrected chi connectivity index (χ1v) is 5.22. The van der Waals surface area contributed by atoms with Crippen LogP contribution in [0.25, 0.3) is 0 Å². The Morgan fingerprint density at radius 2 is 2.35 bits per heavy atom. The zero-order valence-electron chi connectivity index (χ0n) is 10.2. The van der Waals surface area contributed by atoms with E-state index < -0.39 is 0 Å². The first-order valence-electron chi connectivity index (χ1n) is 5.22. The van der Waals surface area contributed by atoms with Gasteiger partial charge in [-0.2, -0.15) is 5.26 Å². The smallest absolute Gasteiger partial charge is 0.272 e. The number of hydrogen-bond acceptors (Lipinski definition) is 4. The van der Waals surface area contributed by atoms with E-state index in [2.05, 4.69) is 4.98 Å². The Labute approximate surface area is 101 Å². The molecule has 17 heavy (non-hydrogen) atoms. The van der Waals surface area contributed by atoms with Crippen LogP contribution in [-0.2, 0) is 4.74 Å². The van der Waals surface area contributed by atoms with Gasteiger partial charge in [-0.3, -0.25) is 4.79 Å². The van der Waals surface area contributed by atoms with Crippen LogP contribution in [0.5, 0.6) is 0 Å². The van der Waals surface area contributed by atoms with Crippen molar-refractivity contribution >= 4 is 5.91 Å². The molecule has 0 aromatic carbocycles. The minimum atomic E-state index is -0.181. The summed E-state index contributed by atoms with van der Waals surface area (Å²) in [7, 11) is 3.29. The van der Waals surface area contributed by atoms with Gasteiger partial charge in [0.1, 0.15) is 11.8 Å². The standard InChI is InChI=1S/C12H15N3O2/c1-9(8-17-3)15(2)12(16)11-5-4-10(6-13)7-14-11/h4-5,7,9H,8H2,1-3H3. The van der Waals surface area contributed by atoms with E-state index >= 15 is 0 Å². The molecule has 1 aromatic heterocycles. The summed E-state index contributed by atoms with van der Waals surface area (Å²) in [6.07, 6.45) is 1.39. The highest BCUT2D eigenvalue weighted by Crippen LogP contribution is 2.05. The molecule has 1 heterocycles. The molecule has 5 heteroatoms. The zero-order valence-corrected chi connectivity index (χ0v) is 10.2. The number of pyridine rings is 1. The number of amides is 1. The summed E-state index contributed by atoms with van der Waals surface area (Å²) in [5, 5.41) is 8.63. The number of nitriles is 1. The van der Waals surface area contributed by atoms with E-state index in [1.54, 1.807) is 31.2 Å². The summed E-state index contributed by atoms with van der Waals surface area (Å²) in [6.45, 7) is 2.36. The van der Waals surface area contributed by atoms with E-state index in [0.29, 0.717) is 17.9 Å². The van der Waals surface area contributed by atoms with E-state index in [-0.39, 0.29) is 11.9 Å². The van der Waals surface area contributed by atoms with Gasteiger partial charge in [-0.15, -0.1) is 0 Å². The van der Waals surface area contributed by atoms with E-state index in [1.165, 1.54) is 6.20 Å². The molecule has 1 amide bonds. The monoisotopic (exact) mass is 233 g/mol. The van der Waals surface area contributed by atoms with E-state index in [0.717, 1.165) is 0 Å². The van der Waals surface area contributed by atoms with E-state index in [4.69, 9.17) is 10.00 Å². The van der Waals surface area contributed by atoms with Crippen molar-refractivity contribution in [3.05, 3.63) is 29.6 Å². The molecule has 5 nitrogen and oxygen atoms in total. The predicted molar refractivity (Wildman–Crippen MR) is 62.4 cm³/mol. The molecular weight excluding hydrogens is 218 g/mol. The quantitative estimate of drug-likeness (QED) is 0.780. The molecule has 0 fully saturated rings. The van der Waals surface area contributed by atoms with Gasteiger partial charge in [0.2, 0.25) is 0 Å². The second-order valence-electron chi connectivity index (χ2n) is 3.76. The van der Waals surface area contributed by atoms with Crippen molar-refractivity contribution in [1.82, 2.24) is 9.88 Å². The maximum atomic E-state index is 12.0. The highest BCUT2D eigenvalue weighted by molar-refractivity contribution is 5.92. The van der Waals surface area contributed by atoms with E-state index in [1.807, 2.05) is 13.0 Å². The average molecular weight is 233 g/mol. The van der Waals surface area contributed by atoms with Crippen LogP contribution >= 0.6 is 0 Å². The Bertz CT molecular complexity index is 422. The van der Waals surface area contributed by atoms with Gasteiger partial charge in [0, 0.05) is 20.4 Å².